The average Bonchev–Trinajstić information content (AvgIpc) is 3.15. The van der Waals surface area contributed by atoms with Crippen LogP contribution in [0.4, 0.5) is 22.0 Å². The van der Waals surface area contributed by atoms with E-state index in [1.807, 2.05) is 6.07 Å². The molecule has 0 aliphatic carbocycles. The normalized spacial score (nSPS) is 12.2. The van der Waals surface area contributed by atoms with Crippen molar-refractivity contribution in [2.75, 3.05) is 0 Å². The quantitative estimate of drug-likeness (QED) is 0.217. The van der Waals surface area contributed by atoms with Crippen LogP contribution in [0.2, 0.25) is 0 Å². The predicted octanol–water partition coefficient (Wildman–Crippen LogP) is 6.39. The Morgan fingerprint density at radius 2 is 1.65 bits per heavy atom. The fraction of sp³-hybridized carbons (Fsp3) is 0.0435. The molecule has 1 heterocycles. The maximum Gasteiger partial charge on any atom is 0.450 e. The zero-order valence-electron chi connectivity index (χ0n) is 15.7. The van der Waals surface area contributed by atoms with Gasteiger partial charge in [0.25, 0.3) is 0 Å². The van der Waals surface area contributed by atoms with Crippen LogP contribution in [0.1, 0.15) is 17.0 Å². The van der Waals surface area contributed by atoms with Crippen molar-refractivity contribution in [3.63, 3.8) is 0 Å². The summed E-state index contributed by atoms with van der Waals surface area (Å²) >= 11 is 0. The molecular weight excluding hydrogens is 413 g/mol. The summed E-state index contributed by atoms with van der Waals surface area (Å²) in [5, 5.41) is 9.36. The van der Waals surface area contributed by atoms with Crippen molar-refractivity contribution < 1.29 is 22.0 Å². The third-order valence-corrected chi connectivity index (χ3v) is 4.64. The second-order valence-electron chi connectivity index (χ2n) is 6.62. The van der Waals surface area contributed by atoms with E-state index in [1.165, 1.54) is 54.6 Å². The molecular formula is C23H12F5N3. The molecule has 0 atom stereocenters. The van der Waals surface area contributed by atoms with E-state index in [2.05, 4.69) is 4.98 Å². The summed E-state index contributed by atoms with van der Waals surface area (Å²) in [6.07, 6.45) is -3.33. The van der Waals surface area contributed by atoms with Crippen LogP contribution in [0.25, 0.3) is 28.4 Å². The van der Waals surface area contributed by atoms with Crippen LogP contribution < -0.4 is 0 Å². The second-order valence-corrected chi connectivity index (χ2v) is 6.62. The molecule has 0 radical (unpaired) electrons. The first-order chi connectivity index (χ1) is 14.8. The van der Waals surface area contributed by atoms with E-state index < -0.39 is 23.6 Å². The largest absolute Gasteiger partial charge is 0.450 e. The molecule has 4 aromatic rings. The van der Waals surface area contributed by atoms with Gasteiger partial charge in [-0.05, 0) is 42.0 Å². The van der Waals surface area contributed by atoms with Crippen LogP contribution >= 0.6 is 0 Å². The third kappa shape index (κ3) is 3.78. The maximum atomic E-state index is 14.0. The first kappa shape index (κ1) is 20.3. The van der Waals surface area contributed by atoms with E-state index in [1.54, 1.807) is 12.1 Å². The Bertz CT molecular complexity index is 1340. The van der Waals surface area contributed by atoms with Crippen molar-refractivity contribution in [1.82, 2.24) is 9.55 Å². The van der Waals surface area contributed by atoms with Crippen molar-refractivity contribution in [2.45, 2.75) is 6.18 Å². The van der Waals surface area contributed by atoms with Crippen LogP contribution in [-0.2, 0) is 6.18 Å². The van der Waals surface area contributed by atoms with Gasteiger partial charge in [0, 0.05) is 11.3 Å². The summed E-state index contributed by atoms with van der Waals surface area (Å²) in [5.74, 6) is -3.29. The third-order valence-electron chi connectivity index (χ3n) is 4.64. The molecule has 0 amide bonds. The molecule has 0 aliphatic rings. The average molecular weight is 425 g/mol. The summed E-state index contributed by atoms with van der Waals surface area (Å²) in [5.41, 5.74) is 0.820. The summed E-state index contributed by atoms with van der Waals surface area (Å²) in [7, 11) is 0. The number of aromatic nitrogens is 2. The van der Waals surface area contributed by atoms with Crippen LogP contribution in [0.15, 0.2) is 66.7 Å². The SMILES string of the molecule is N#C/C(=C/c1ccc(-n2c(C(F)(F)F)nc3ccccc32)cc1)c1cccc(F)c1F. The standard InChI is InChI=1S/C23H12F5N3/c24-18-5-3-4-17(21(18)25)15(13-29)12-14-8-10-16(11-9-14)31-20-7-2-1-6-19(20)30-22(31)23(26,27)28/h1-12H/b15-12-. The molecule has 0 N–H and O–H groups in total. The number of imidazole rings is 1. The van der Waals surface area contributed by atoms with Gasteiger partial charge in [-0.2, -0.15) is 18.4 Å². The molecule has 0 fully saturated rings. The minimum Gasteiger partial charge on any atom is -0.289 e. The van der Waals surface area contributed by atoms with Gasteiger partial charge in [0.15, 0.2) is 11.6 Å². The van der Waals surface area contributed by atoms with E-state index in [4.69, 9.17) is 0 Å². The minimum atomic E-state index is -4.67. The Hall–Kier alpha value is -3.99. The zero-order valence-corrected chi connectivity index (χ0v) is 15.7. The highest BCUT2D eigenvalue weighted by molar-refractivity contribution is 5.90. The highest BCUT2D eigenvalue weighted by Crippen LogP contribution is 2.34. The van der Waals surface area contributed by atoms with Gasteiger partial charge in [-0.15, -0.1) is 0 Å². The second kappa shape index (κ2) is 7.69. The number of nitriles is 1. The Morgan fingerprint density at radius 3 is 2.32 bits per heavy atom. The molecule has 31 heavy (non-hydrogen) atoms. The minimum absolute atomic E-state index is 0.117. The Labute approximate surface area is 173 Å². The molecule has 0 unspecified atom stereocenters. The van der Waals surface area contributed by atoms with Crippen molar-refractivity contribution in [3.8, 4) is 11.8 Å². The molecule has 0 saturated carbocycles. The number of alkyl halides is 3. The molecule has 8 heteroatoms. The van der Waals surface area contributed by atoms with Gasteiger partial charge in [0.2, 0.25) is 5.82 Å². The molecule has 0 bridgehead atoms. The number of benzene rings is 3. The molecule has 0 spiro atoms. The predicted molar refractivity (Wildman–Crippen MR) is 106 cm³/mol. The molecule has 154 valence electrons. The lowest BCUT2D eigenvalue weighted by Crippen LogP contribution is -2.13. The highest BCUT2D eigenvalue weighted by atomic mass is 19.4. The lowest BCUT2D eigenvalue weighted by molar-refractivity contribution is -0.145. The topological polar surface area (TPSA) is 41.6 Å². The number of allylic oxidation sites excluding steroid dienone is 1. The number of rotatable bonds is 3. The molecule has 4 rings (SSSR count). The van der Waals surface area contributed by atoms with Gasteiger partial charge in [-0.3, -0.25) is 4.57 Å². The van der Waals surface area contributed by atoms with Gasteiger partial charge in [0.05, 0.1) is 22.7 Å². The van der Waals surface area contributed by atoms with Crippen molar-refractivity contribution in [1.29, 1.82) is 5.26 Å². The van der Waals surface area contributed by atoms with E-state index in [0.717, 1.165) is 10.6 Å². The number of hydrogen-bond acceptors (Lipinski definition) is 2. The fourth-order valence-corrected chi connectivity index (χ4v) is 3.25. The van der Waals surface area contributed by atoms with Crippen LogP contribution in [0.3, 0.4) is 0 Å². The smallest absolute Gasteiger partial charge is 0.289 e. The van der Waals surface area contributed by atoms with Crippen molar-refractivity contribution in [2.24, 2.45) is 0 Å². The van der Waals surface area contributed by atoms with Gasteiger partial charge in [0.1, 0.15) is 0 Å². The summed E-state index contributed by atoms with van der Waals surface area (Å²) in [4.78, 5) is 3.71. The van der Waals surface area contributed by atoms with Gasteiger partial charge in [-0.25, -0.2) is 13.8 Å². The molecule has 3 nitrogen and oxygen atoms in total. The van der Waals surface area contributed by atoms with E-state index >= 15 is 0 Å². The van der Waals surface area contributed by atoms with Crippen LogP contribution in [-0.4, -0.2) is 9.55 Å². The maximum absolute atomic E-state index is 14.0. The number of hydrogen-bond donors (Lipinski definition) is 0. The van der Waals surface area contributed by atoms with Crippen LogP contribution in [0.5, 0.6) is 0 Å². The van der Waals surface area contributed by atoms with Crippen molar-refractivity contribution in [3.05, 3.63) is 95.3 Å². The van der Waals surface area contributed by atoms with Gasteiger partial charge < -0.3 is 0 Å². The molecule has 0 saturated heterocycles. The number of nitrogens with zero attached hydrogens (tertiary/aromatic N) is 3. The Balaban J connectivity index is 1.79. The summed E-state index contributed by atoms with van der Waals surface area (Å²) < 4.78 is 69.1. The lowest BCUT2D eigenvalue weighted by Gasteiger charge is -2.12. The monoisotopic (exact) mass is 425 g/mol. The van der Waals surface area contributed by atoms with Gasteiger partial charge >= 0.3 is 6.18 Å². The summed E-state index contributed by atoms with van der Waals surface area (Å²) in [6, 6.07) is 17.4. The number of fused-ring (bicyclic) bond motifs is 1. The first-order valence-corrected chi connectivity index (χ1v) is 9.01. The van der Waals surface area contributed by atoms with Gasteiger partial charge in [-0.1, -0.05) is 36.4 Å². The number of para-hydroxylation sites is 2. The number of halogens is 5. The van der Waals surface area contributed by atoms with E-state index in [-0.39, 0.29) is 27.9 Å². The Kier molecular flexibility index (Phi) is 5.03. The Morgan fingerprint density at radius 1 is 0.935 bits per heavy atom. The summed E-state index contributed by atoms with van der Waals surface area (Å²) in [6.45, 7) is 0. The fourth-order valence-electron chi connectivity index (χ4n) is 3.25. The first-order valence-electron chi connectivity index (χ1n) is 9.01. The molecule has 3 aromatic carbocycles. The zero-order chi connectivity index (χ0) is 22.2. The highest BCUT2D eigenvalue weighted by Gasteiger charge is 2.38. The van der Waals surface area contributed by atoms with Crippen LogP contribution in [0, 0.1) is 23.0 Å². The molecule has 0 aliphatic heterocycles. The van der Waals surface area contributed by atoms with E-state index in [9.17, 15) is 27.2 Å². The molecule has 1 aromatic heterocycles. The lowest BCUT2D eigenvalue weighted by atomic mass is 10.0. The van der Waals surface area contributed by atoms with E-state index in [0.29, 0.717) is 5.56 Å². The van der Waals surface area contributed by atoms with Crippen molar-refractivity contribution >= 4 is 22.7 Å².